The third-order valence-corrected chi connectivity index (χ3v) is 6.42. The molecule has 0 saturated carbocycles. The fourth-order valence-corrected chi connectivity index (χ4v) is 5.84. The zero-order chi connectivity index (χ0) is 19.4. The maximum atomic E-state index is 11.1. The first-order chi connectivity index (χ1) is 12.2. The normalized spacial score (nSPS) is 11.5. The highest BCUT2D eigenvalue weighted by Crippen LogP contribution is 2.37. The van der Waals surface area contributed by atoms with E-state index in [9.17, 15) is 9.90 Å². The van der Waals surface area contributed by atoms with Gasteiger partial charge in [0.2, 0.25) is 0 Å². The van der Waals surface area contributed by atoms with Gasteiger partial charge >= 0.3 is 5.97 Å². The monoisotopic (exact) mass is 803 g/mol. The average molecular weight is 803 g/mol. The predicted octanol–water partition coefficient (Wildman–Crippen LogP) is 5.91. The summed E-state index contributed by atoms with van der Waals surface area (Å²) in [5.74, 6) is 0.290. The fourth-order valence-electron chi connectivity index (χ4n) is 2.01. The quantitative estimate of drug-likeness (QED) is 0.164. The van der Waals surface area contributed by atoms with E-state index in [0.29, 0.717) is 18.6 Å². The number of ether oxygens (including phenoxy) is 1. The second kappa shape index (κ2) is 9.79. The van der Waals surface area contributed by atoms with Gasteiger partial charge in [0.1, 0.15) is 17.5 Å². The van der Waals surface area contributed by atoms with Crippen LogP contribution in [0.15, 0.2) is 29.4 Å². The third-order valence-electron chi connectivity index (χ3n) is 3.17. The molecule has 11 heteroatoms. The fraction of sp³-hybridized carbons (Fsp3) is 0.133. The summed E-state index contributed by atoms with van der Waals surface area (Å²) in [4.78, 5) is 13.7. The van der Waals surface area contributed by atoms with Gasteiger partial charge in [0.25, 0.3) is 0 Å². The van der Waals surface area contributed by atoms with E-state index in [1.165, 1.54) is 0 Å². The number of hydrogen-bond acceptors (Lipinski definition) is 4. The summed E-state index contributed by atoms with van der Waals surface area (Å²) < 4.78 is 8.95. The topological polar surface area (TPSA) is 116 Å². The molecule has 7 nitrogen and oxygen atoms in total. The van der Waals surface area contributed by atoms with Crippen molar-refractivity contribution >= 4 is 96.3 Å². The van der Waals surface area contributed by atoms with Crippen molar-refractivity contribution in [2.45, 2.75) is 12.5 Å². The number of nitrogens with zero attached hydrogens (tertiary/aromatic N) is 3. The number of azide groups is 1. The summed E-state index contributed by atoms with van der Waals surface area (Å²) in [6.45, 7) is 0. The lowest BCUT2D eigenvalue weighted by atomic mass is 10.1. The molecule has 0 aliphatic rings. The summed E-state index contributed by atoms with van der Waals surface area (Å²) in [5.41, 5.74) is 9.24. The summed E-state index contributed by atoms with van der Waals surface area (Å²) in [6, 6.07) is 5.92. The maximum absolute atomic E-state index is 11.1. The lowest BCUT2D eigenvalue weighted by Crippen LogP contribution is -2.20. The van der Waals surface area contributed by atoms with Crippen molar-refractivity contribution in [1.82, 2.24) is 0 Å². The molecular weight excluding hydrogens is 794 g/mol. The number of carboxylic acid groups (broad SMARTS) is 1. The molecule has 2 N–H and O–H groups in total. The molecule has 0 spiro atoms. The zero-order valence-corrected chi connectivity index (χ0v) is 21.3. The molecule has 0 amide bonds. The first-order valence-corrected chi connectivity index (χ1v) is 11.1. The second-order valence-corrected chi connectivity index (χ2v) is 9.64. The summed E-state index contributed by atoms with van der Waals surface area (Å²) in [6.07, 6.45) is 0.0979. The molecule has 136 valence electrons. The van der Waals surface area contributed by atoms with Gasteiger partial charge in [0, 0.05) is 4.91 Å². The van der Waals surface area contributed by atoms with E-state index < -0.39 is 12.0 Å². The Labute approximate surface area is 203 Å². The van der Waals surface area contributed by atoms with Crippen LogP contribution in [-0.4, -0.2) is 22.2 Å². The molecule has 2 aromatic carbocycles. The lowest BCUT2D eigenvalue weighted by molar-refractivity contribution is -0.138. The van der Waals surface area contributed by atoms with E-state index in [-0.39, 0.29) is 12.2 Å². The Balaban J connectivity index is 2.32. The summed E-state index contributed by atoms with van der Waals surface area (Å²) in [7, 11) is 0. The zero-order valence-electron chi connectivity index (χ0n) is 12.7. The molecule has 0 bridgehead atoms. The number of aliphatic carboxylic acids is 1. The van der Waals surface area contributed by atoms with Crippen LogP contribution in [0.3, 0.4) is 0 Å². The Bertz CT molecular complexity index is 868. The summed E-state index contributed by atoms with van der Waals surface area (Å²) in [5, 5.41) is 22.3. The van der Waals surface area contributed by atoms with Gasteiger partial charge in [0.15, 0.2) is 5.75 Å². The molecule has 0 heterocycles. The van der Waals surface area contributed by atoms with Crippen LogP contribution >= 0.6 is 90.4 Å². The van der Waals surface area contributed by atoms with Crippen molar-refractivity contribution in [2.24, 2.45) is 5.11 Å². The highest BCUT2D eigenvalue weighted by molar-refractivity contribution is 14.1. The average Bonchev–Trinajstić information content (AvgIpc) is 2.55. The van der Waals surface area contributed by atoms with Gasteiger partial charge in [-0.25, -0.2) is 0 Å². The number of halogens is 4. The molecule has 0 saturated heterocycles. The van der Waals surface area contributed by atoms with Gasteiger partial charge < -0.3 is 14.9 Å². The Morgan fingerprint density at radius 2 is 1.65 bits per heavy atom. The number of phenolic OH excluding ortho intramolecular Hbond substituents is 1. The van der Waals surface area contributed by atoms with Gasteiger partial charge in [0.05, 0.1) is 14.3 Å². The van der Waals surface area contributed by atoms with Crippen LogP contribution in [0, 0.1) is 14.3 Å². The van der Waals surface area contributed by atoms with Gasteiger partial charge in [-0.05, 0) is 132 Å². The van der Waals surface area contributed by atoms with E-state index in [1.807, 2.05) is 45.2 Å². The molecule has 0 radical (unpaired) electrons. The highest BCUT2D eigenvalue weighted by atomic mass is 127. The van der Waals surface area contributed by atoms with Crippen molar-refractivity contribution in [3.63, 3.8) is 0 Å². The maximum Gasteiger partial charge on any atom is 0.312 e. The van der Waals surface area contributed by atoms with E-state index in [1.54, 1.807) is 24.3 Å². The largest absolute Gasteiger partial charge is 0.506 e. The molecule has 2 rings (SSSR count). The van der Waals surface area contributed by atoms with Crippen LogP contribution in [0.25, 0.3) is 10.4 Å². The van der Waals surface area contributed by atoms with E-state index in [2.05, 4.69) is 55.2 Å². The van der Waals surface area contributed by atoms with Crippen molar-refractivity contribution in [1.29, 1.82) is 0 Å². The standard InChI is InChI=1S/C15H9I4N3O4/c16-8-4-7(5-9(17)13(8)23)26-14-10(18)1-6(2-11(14)19)3-12(15(24)25)21-22-20/h1-2,4-5,12,23H,3H2,(H,24,25)/t12-/m0/s1. The Morgan fingerprint density at radius 1 is 1.12 bits per heavy atom. The molecule has 1 atom stereocenters. The second-order valence-electron chi connectivity index (χ2n) is 4.99. The summed E-state index contributed by atoms with van der Waals surface area (Å²) >= 11 is 8.30. The van der Waals surface area contributed by atoms with E-state index in [0.717, 1.165) is 12.7 Å². The minimum atomic E-state index is -1.17. The van der Waals surface area contributed by atoms with Crippen molar-refractivity contribution in [2.75, 3.05) is 0 Å². The van der Waals surface area contributed by atoms with Crippen LogP contribution in [0.2, 0.25) is 0 Å². The number of carboxylic acids is 1. The number of hydrogen-bond donors (Lipinski definition) is 2. The molecule has 0 aliphatic carbocycles. The van der Waals surface area contributed by atoms with Crippen LogP contribution < -0.4 is 4.74 Å². The minimum Gasteiger partial charge on any atom is -0.506 e. The van der Waals surface area contributed by atoms with Gasteiger partial charge in [-0.1, -0.05) is 5.11 Å². The van der Waals surface area contributed by atoms with Crippen LogP contribution in [0.1, 0.15) is 5.56 Å². The molecule has 26 heavy (non-hydrogen) atoms. The number of aromatic hydroxyl groups is 1. The van der Waals surface area contributed by atoms with E-state index >= 15 is 0 Å². The highest BCUT2D eigenvalue weighted by Gasteiger charge is 2.19. The Kier molecular flexibility index (Phi) is 8.30. The molecule has 0 aliphatic heterocycles. The van der Waals surface area contributed by atoms with Crippen LogP contribution in [-0.2, 0) is 11.2 Å². The van der Waals surface area contributed by atoms with Crippen molar-refractivity contribution in [3.8, 4) is 17.2 Å². The number of benzene rings is 2. The van der Waals surface area contributed by atoms with Crippen molar-refractivity contribution < 1.29 is 19.7 Å². The lowest BCUT2D eigenvalue weighted by Gasteiger charge is -2.14. The molecular formula is C15H9I4N3O4. The Morgan fingerprint density at radius 3 is 2.12 bits per heavy atom. The number of rotatable bonds is 6. The first-order valence-electron chi connectivity index (χ1n) is 6.83. The Hall–Kier alpha value is -0.260. The van der Waals surface area contributed by atoms with Gasteiger partial charge in [-0.2, -0.15) is 0 Å². The van der Waals surface area contributed by atoms with Gasteiger partial charge in [-0.15, -0.1) is 0 Å². The van der Waals surface area contributed by atoms with E-state index in [4.69, 9.17) is 15.4 Å². The molecule has 0 unspecified atom stereocenters. The van der Waals surface area contributed by atoms with Crippen LogP contribution in [0.5, 0.6) is 17.2 Å². The van der Waals surface area contributed by atoms with Gasteiger partial charge in [-0.3, -0.25) is 4.79 Å². The smallest absolute Gasteiger partial charge is 0.312 e. The minimum absolute atomic E-state index is 0.0979. The van der Waals surface area contributed by atoms with Crippen LogP contribution in [0.4, 0.5) is 0 Å². The number of phenols is 1. The predicted molar refractivity (Wildman–Crippen MR) is 130 cm³/mol. The first kappa shape index (κ1) is 22.0. The molecule has 0 fully saturated rings. The van der Waals surface area contributed by atoms with Crippen molar-refractivity contribution in [3.05, 3.63) is 54.6 Å². The molecule has 0 aromatic heterocycles. The molecule has 2 aromatic rings. The third kappa shape index (κ3) is 5.62. The number of carbonyl (C=O) groups is 1. The SMILES string of the molecule is [N-]=[N+]=N[C@@H](Cc1cc(I)c(Oc2cc(I)c(O)c(I)c2)c(I)c1)C(=O)O.